The summed E-state index contributed by atoms with van der Waals surface area (Å²) in [4.78, 5) is 57.5. The summed E-state index contributed by atoms with van der Waals surface area (Å²) in [6.45, 7) is -0.353. The first-order valence-corrected chi connectivity index (χ1v) is 15.3. The number of thioether (sulfide) groups is 1. The number of carbonyl (C=O) groups is 3. The molecule has 2 N–H and O–H groups in total. The number of fused-ring (bicyclic) bond motifs is 9. The molecule has 0 spiro atoms. The number of imide groups is 1. The number of anilines is 1. The third-order valence-corrected chi connectivity index (χ3v) is 12.1. The Bertz CT molecular complexity index is 1610. The maximum absolute atomic E-state index is 13.7. The number of benzene rings is 2. The molecule has 7 rings (SSSR count). The molecule has 2 bridgehead atoms. The number of aromatic amines is 1. The quantitative estimate of drug-likeness (QED) is 0.375. The Morgan fingerprint density at radius 2 is 1.69 bits per heavy atom. The van der Waals surface area contributed by atoms with Crippen molar-refractivity contribution in [2.75, 3.05) is 11.9 Å². The van der Waals surface area contributed by atoms with E-state index in [-0.39, 0.29) is 52.2 Å². The topological polar surface area (TPSA) is 99.3 Å². The summed E-state index contributed by atoms with van der Waals surface area (Å²) in [6.07, 6.45) is 0.779. The van der Waals surface area contributed by atoms with Crippen LogP contribution in [0.1, 0.15) is 22.8 Å². The molecule has 1 saturated heterocycles. The molecule has 3 aromatic rings. The number of thiazole rings is 1. The number of rotatable bonds is 4. The first-order valence-electron chi connectivity index (χ1n) is 12.5. The summed E-state index contributed by atoms with van der Waals surface area (Å²) in [5.41, 5.74) is 1.48. The highest BCUT2D eigenvalue weighted by molar-refractivity contribution is 8.00. The summed E-state index contributed by atoms with van der Waals surface area (Å²) in [6, 6.07) is 12.4. The van der Waals surface area contributed by atoms with E-state index in [1.54, 1.807) is 23.9 Å². The molecule has 12 heteroatoms. The minimum Gasteiger partial charge on any atom is -0.324 e. The zero-order valence-electron chi connectivity index (χ0n) is 20.0. The van der Waals surface area contributed by atoms with Crippen molar-refractivity contribution in [2.24, 2.45) is 29.6 Å². The molecule has 4 aliphatic rings. The summed E-state index contributed by atoms with van der Waals surface area (Å²) < 4.78 is 0. The summed E-state index contributed by atoms with van der Waals surface area (Å²) in [5.74, 6) is -1.99. The molecule has 2 saturated carbocycles. The van der Waals surface area contributed by atoms with Gasteiger partial charge in [0.25, 0.3) is 0 Å². The lowest BCUT2D eigenvalue weighted by molar-refractivity contribution is -0.143. The molecule has 2 aromatic carbocycles. The minimum atomic E-state index is -0.479. The molecule has 7 atom stereocenters. The number of amides is 3. The van der Waals surface area contributed by atoms with Gasteiger partial charge in [-0.15, -0.1) is 11.8 Å². The van der Waals surface area contributed by atoms with Gasteiger partial charge in [0.2, 0.25) is 17.7 Å². The number of aromatic nitrogens is 1. The summed E-state index contributed by atoms with van der Waals surface area (Å²) >= 11 is 21.0. The predicted octanol–water partition coefficient (Wildman–Crippen LogP) is 5.51. The number of H-pyrrole nitrogens is 1. The third-order valence-electron chi connectivity index (χ3n) is 8.55. The molecular formula is C27H20Cl3N3O4S2. The van der Waals surface area contributed by atoms with Gasteiger partial charge in [0, 0.05) is 26.8 Å². The van der Waals surface area contributed by atoms with Gasteiger partial charge in [-0.1, -0.05) is 58.3 Å². The fraction of sp³-hybridized carbons (Fsp3) is 0.333. The van der Waals surface area contributed by atoms with Gasteiger partial charge < -0.3 is 10.3 Å². The highest BCUT2D eigenvalue weighted by atomic mass is 35.5. The SMILES string of the molecule is O=C(CN1C(=O)C2C3CC(C2C1=O)C1C3Sc2[nH]c(=O)sc2[C@@H]1c1ccc(Cl)cc1)Nc1ccc(Cl)c(Cl)c1. The first-order chi connectivity index (χ1) is 18.7. The number of hydrogen-bond donors (Lipinski definition) is 2. The van der Waals surface area contributed by atoms with Crippen molar-refractivity contribution < 1.29 is 14.4 Å². The maximum atomic E-state index is 13.7. The molecule has 3 amide bonds. The first kappa shape index (κ1) is 25.7. The van der Waals surface area contributed by atoms with E-state index < -0.39 is 17.7 Å². The number of hydrogen-bond acceptors (Lipinski definition) is 6. The molecule has 1 aromatic heterocycles. The van der Waals surface area contributed by atoms with Crippen LogP contribution in [0.2, 0.25) is 15.1 Å². The van der Waals surface area contributed by atoms with Crippen LogP contribution in [-0.2, 0) is 14.4 Å². The Hall–Kier alpha value is -2.30. The van der Waals surface area contributed by atoms with Gasteiger partial charge in [-0.2, -0.15) is 0 Å². The Kier molecular flexibility index (Phi) is 6.17. The smallest absolute Gasteiger partial charge is 0.305 e. The Morgan fingerprint density at radius 1 is 0.974 bits per heavy atom. The third kappa shape index (κ3) is 4.00. The highest BCUT2D eigenvalue weighted by Gasteiger charge is 2.69. The summed E-state index contributed by atoms with van der Waals surface area (Å²) in [5, 5.41) is 4.91. The standard InChI is InChI=1S/C27H20Cl3N3O4S2/c28-11-3-1-10(2-4-11)18-19-13-8-14(22(19)38-24-23(18)39-27(37)32-24)21-20(13)25(35)33(26(21)36)9-17(34)31-12-5-6-15(29)16(30)7-12/h1-7,13-14,18-22H,8-9H2,(H,31,34)(H,32,37)/t13?,14?,18-,19?,20?,21?,22?/m1/s1. The highest BCUT2D eigenvalue weighted by Crippen LogP contribution is 2.68. The van der Waals surface area contributed by atoms with Gasteiger partial charge in [-0.05, 0) is 60.1 Å². The van der Waals surface area contributed by atoms with Gasteiger partial charge in [-0.25, -0.2) is 0 Å². The summed E-state index contributed by atoms with van der Waals surface area (Å²) in [7, 11) is 0. The molecular weight excluding hydrogens is 601 g/mol. The van der Waals surface area contributed by atoms with Crippen molar-refractivity contribution in [1.82, 2.24) is 9.88 Å². The monoisotopic (exact) mass is 619 g/mol. The van der Waals surface area contributed by atoms with Crippen LogP contribution in [0.15, 0.2) is 52.3 Å². The van der Waals surface area contributed by atoms with Crippen LogP contribution < -0.4 is 10.2 Å². The largest absolute Gasteiger partial charge is 0.324 e. The van der Waals surface area contributed by atoms with E-state index in [9.17, 15) is 19.2 Å². The van der Waals surface area contributed by atoms with E-state index in [4.69, 9.17) is 34.8 Å². The number of carbonyl (C=O) groups excluding carboxylic acids is 3. The van der Waals surface area contributed by atoms with Gasteiger partial charge >= 0.3 is 4.87 Å². The van der Waals surface area contributed by atoms with Crippen molar-refractivity contribution in [3.05, 3.63) is 77.6 Å². The molecule has 2 aliphatic carbocycles. The minimum absolute atomic E-state index is 0.0130. The van der Waals surface area contributed by atoms with Crippen LogP contribution in [0, 0.1) is 29.6 Å². The predicted molar refractivity (Wildman–Crippen MR) is 152 cm³/mol. The van der Waals surface area contributed by atoms with Crippen molar-refractivity contribution in [2.45, 2.75) is 22.6 Å². The Balaban J connectivity index is 1.18. The Morgan fingerprint density at radius 3 is 2.41 bits per heavy atom. The van der Waals surface area contributed by atoms with Crippen LogP contribution in [0.25, 0.3) is 0 Å². The maximum Gasteiger partial charge on any atom is 0.305 e. The van der Waals surface area contributed by atoms with Gasteiger partial charge in [0.05, 0.1) is 26.9 Å². The molecule has 7 nitrogen and oxygen atoms in total. The lowest BCUT2D eigenvalue weighted by Gasteiger charge is -2.43. The fourth-order valence-corrected chi connectivity index (χ4v) is 10.5. The fourth-order valence-electron chi connectivity index (χ4n) is 7.20. The average Bonchev–Trinajstić information content (AvgIpc) is 3.63. The lowest BCUT2D eigenvalue weighted by Crippen LogP contribution is -2.42. The van der Waals surface area contributed by atoms with Crippen LogP contribution in [0.4, 0.5) is 5.69 Å². The lowest BCUT2D eigenvalue weighted by atomic mass is 9.68. The second-order valence-electron chi connectivity index (χ2n) is 10.5. The van der Waals surface area contributed by atoms with Gasteiger partial charge in [0.1, 0.15) is 6.54 Å². The number of nitrogens with zero attached hydrogens (tertiary/aromatic N) is 1. The Labute approximate surface area is 246 Å². The van der Waals surface area contributed by atoms with Gasteiger partial charge in [-0.3, -0.25) is 24.1 Å². The van der Waals surface area contributed by atoms with E-state index in [0.29, 0.717) is 20.8 Å². The van der Waals surface area contributed by atoms with Crippen molar-refractivity contribution in [3.63, 3.8) is 0 Å². The molecule has 3 heterocycles. The number of nitrogens with one attached hydrogen (secondary N) is 2. The molecule has 3 fully saturated rings. The van der Waals surface area contributed by atoms with Crippen LogP contribution in [0.3, 0.4) is 0 Å². The van der Waals surface area contributed by atoms with Crippen LogP contribution >= 0.6 is 57.9 Å². The number of halogens is 3. The van der Waals surface area contributed by atoms with E-state index in [2.05, 4.69) is 10.3 Å². The van der Waals surface area contributed by atoms with Crippen molar-refractivity contribution in [1.29, 1.82) is 0 Å². The molecule has 0 radical (unpaired) electrons. The zero-order valence-corrected chi connectivity index (χ0v) is 23.9. The van der Waals surface area contributed by atoms with Gasteiger partial charge in [0.15, 0.2) is 0 Å². The normalized spacial score (nSPS) is 30.3. The second kappa shape index (κ2) is 9.38. The van der Waals surface area contributed by atoms with E-state index in [1.165, 1.54) is 17.4 Å². The van der Waals surface area contributed by atoms with E-state index in [1.807, 2.05) is 24.3 Å². The molecule has 2 aliphatic heterocycles. The van der Waals surface area contributed by atoms with Crippen molar-refractivity contribution in [3.8, 4) is 0 Å². The van der Waals surface area contributed by atoms with Crippen LogP contribution in [0.5, 0.6) is 0 Å². The van der Waals surface area contributed by atoms with E-state index >= 15 is 0 Å². The average molecular weight is 621 g/mol. The molecule has 200 valence electrons. The zero-order chi connectivity index (χ0) is 27.2. The van der Waals surface area contributed by atoms with Crippen molar-refractivity contribution >= 4 is 81.3 Å². The molecule has 6 unspecified atom stereocenters. The number of likely N-dealkylation sites (tertiary alicyclic amines) is 1. The van der Waals surface area contributed by atoms with Crippen LogP contribution in [-0.4, -0.2) is 39.4 Å². The second-order valence-corrected chi connectivity index (χ2v) is 13.9. The van der Waals surface area contributed by atoms with E-state index in [0.717, 1.165) is 26.8 Å². The molecule has 39 heavy (non-hydrogen) atoms.